The van der Waals surface area contributed by atoms with Gasteiger partial charge in [0.2, 0.25) is 11.9 Å². The monoisotopic (exact) mass is 1030 g/mol. The van der Waals surface area contributed by atoms with Gasteiger partial charge in [-0.25, -0.2) is 0 Å². The first-order valence-corrected chi connectivity index (χ1v) is 40.4. The fraction of sp³-hybridized carbons (Fsp3) is 0.190. The summed E-state index contributed by atoms with van der Waals surface area (Å²) < 4.78 is 4.83. The maximum atomic E-state index is 5.79. The minimum Gasteiger partial charge on any atom is -0.278 e. The Morgan fingerprint density at radius 2 is 0.685 bits per heavy atom. The molecular weight excluding hydrogens is 967 g/mol. The molecule has 0 N–H and O–H groups in total. The van der Waals surface area contributed by atoms with E-state index in [1.54, 1.807) is 20.7 Å². The van der Waals surface area contributed by atoms with E-state index in [0.29, 0.717) is 17.7 Å². The van der Waals surface area contributed by atoms with E-state index in [2.05, 4.69) is 223 Å². The van der Waals surface area contributed by atoms with Gasteiger partial charge in [-0.1, -0.05) is 259 Å². The van der Waals surface area contributed by atoms with Gasteiger partial charge < -0.3 is 0 Å². The Morgan fingerprint density at radius 3 is 1.10 bits per heavy atom. The number of benzene rings is 8. The van der Waals surface area contributed by atoms with Crippen LogP contribution in [0.25, 0.3) is 66.9 Å². The Morgan fingerprint density at radius 1 is 0.329 bits per heavy atom. The number of fused-ring (bicyclic) bond motifs is 10. The standard InChI is InChI=1S/C63H59N5Si5/c1-69-31-35-71(3,36-32-69)59-42-55-51(40-57(59)69)49-27-14-16-29-53(49)67(55)62-64-61(44-19-18-26-48(39-44)73(45-20-8-5-9-21-45,46-22-10-6-11-23-46)47-24-12-7-13-25-47)65-63(66-62)68-54-30-17-15-28-50(54)52-41-58-60(43-56(52)68)72(4)37-33-70(58,2)34-38-72/h5-30,39-43H,31-38H2,1-4H3. The predicted molar refractivity (Wildman–Crippen MR) is 321 cm³/mol. The van der Waals surface area contributed by atoms with Crippen LogP contribution >= 0.6 is 0 Å². The molecule has 73 heavy (non-hydrogen) atoms. The molecule has 8 aromatic carbocycles. The third kappa shape index (κ3) is 6.24. The molecule has 0 amide bonds. The van der Waals surface area contributed by atoms with Gasteiger partial charge in [-0.15, -0.1) is 0 Å². The van der Waals surface area contributed by atoms with Gasteiger partial charge in [-0.2, -0.15) is 15.0 Å². The van der Waals surface area contributed by atoms with Crippen LogP contribution in [0.1, 0.15) is 0 Å². The van der Waals surface area contributed by atoms with Crippen LogP contribution in [0.5, 0.6) is 0 Å². The first kappa shape index (κ1) is 44.0. The van der Waals surface area contributed by atoms with Crippen molar-refractivity contribution in [2.45, 2.75) is 74.5 Å². The average Bonchev–Trinajstić information content (AvgIpc) is 3.95. The number of aromatic nitrogens is 5. The number of nitrogens with zero attached hydrogens (tertiary/aromatic N) is 5. The van der Waals surface area contributed by atoms with Crippen LogP contribution in [-0.4, -0.2) is 64.5 Å². The highest BCUT2D eigenvalue weighted by molar-refractivity contribution is 7.20. The number of hydrogen-bond acceptors (Lipinski definition) is 3. The van der Waals surface area contributed by atoms with Crippen LogP contribution in [0.4, 0.5) is 0 Å². The molecule has 0 aliphatic carbocycles. The van der Waals surface area contributed by atoms with Gasteiger partial charge in [0.05, 0.1) is 54.4 Å². The topological polar surface area (TPSA) is 48.5 Å². The van der Waals surface area contributed by atoms with Gasteiger partial charge in [0.25, 0.3) is 0 Å². The lowest BCUT2D eigenvalue weighted by Crippen LogP contribution is -2.74. The largest absolute Gasteiger partial charge is 0.278 e. The lowest BCUT2D eigenvalue weighted by molar-refractivity contribution is 0.893. The van der Waals surface area contributed by atoms with Gasteiger partial charge in [-0.3, -0.25) is 9.13 Å². The van der Waals surface area contributed by atoms with Crippen molar-refractivity contribution in [3.8, 4) is 23.3 Å². The summed E-state index contributed by atoms with van der Waals surface area (Å²) in [6.07, 6.45) is 0. The summed E-state index contributed by atoms with van der Waals surface area (Å²) in [5.41, 5.74) is 5.74. The molecule has 2 fully saturated rings. The summed E-state index contributed by atoms with van der Waals surface area (Å²) in [4.78, 5) is 17.3. The molecule has 17 rings (SSSR count). The highest BCUT2D eigenvalue weighted by Crippen LogP contribution is 2.44. The van der Waals surface area contributed by atoms with Crippen LogP contribution in [0.3, 0.4) is 0 Å². The molecule has 0 unspecified atom stereocenters. The van der Waals surface area contributed by atoms with E-state index in [-0.39, 0.29) is 0 Å². The second-order valence-electron chi connectivity index (χ2n) is 23.5. The molecule has 0 spiro atoms. The van der Waals surface area contributed by atoms with Gasteiger partial charge in [0, 0.05) is 27.1 Å². The molecule has 3 aromatic heterocycles. The molecule has 9 heterocycles. The minimum atomic E-state index is -2.88. The van der Waals surface area contributed by atoms with Gasteiger partial charge in [-0.05, 0) is 45.0 Å². The highest BCUT2D eigenvalue weighted by Gasteiger charge is 2.52. The van der Waals surface area contributed by atoms with Crippen molar-refractivity contribution in [2.75, 3.05) is 0 Å². The predicted octanol–water partition coefficient (Wildman–Crippen LogP) is 10.3. The van der Waals surface area contributed by atoms with E-state index < -0.39 is 40.4 Å². The van der Waals surface area contributed by atoms with Crippen molar-refractivity contribution >= 4 is 125 Å². The second-order valence-corrected chi connectivity index (χ2v) is 45.9. The second kappa shape index (κ2) is 15.7. The third-order valence-corrected chi connectivity index (χ3v) is 44.3. The van der Waals surface area contributed by atoms with Crippen LogP contribution in [0, 0.1) is 0 Å². The molecule has 6 aliphatic heterocycles. The van der Waals surface area contributed by atoms with Gasteiger partial charge in [0.1, 0.15) is 0 Å². The first-order valence-electron chi connectivity index (χ1n) is 26.8. The van der Waals surface area contributed by atoms with Crippen LogP contribution in [-0.2, 0) is 0 Å². The van der Waals surface area contributed by atoms with Crippen molar-refractivity contribution in [3.05, 3.63) is 188 Å². The first-order chi connectivity index (χ1) is 35.6. The number of para-hydroxylation sites is 2. The average molecular weight is 1030 g/mol. The molecule has 4 bridgehead atoms. The quantitative estimate of drug-likeness (QED) is 0.118. The lowest BCUT2D eigenvalue weighted by Gasteiger charge is -2.50. The molecule has 6 aliphatic rings. The summed E-state index contributed by atoms with van der Waals surface area (Å²) in [5, 5.41) is 17.4. The maximum Gasteiger partial charge on any atom is 0.240 e. The fourth-order valence-corrected chi connectivity index (χ4v) is 49.0. The van der Waals surface area contributed by atoms with Gasteiger partial charge in [0.15, 0.2) is 13.9 Å². The number of rotatable bonds is 7. The molecule has 356 valence electrons. The van der Waals surface area contributed by atoms with E-state index in [9.17, 15) is 0 Å². The molecule has 11 aromatic rings. The zero-order valence-electron chi connectivity index (χ0n) is 42.3. The zero-order chi connectivity index (χ0) is 48.9. The van der Waals surface area contributed by atoms with E-state index >= 15 is 0 Å². The summed E-state index contributed by atoms with van der Waals surface area (Å²) in [5.74, 6) is 2.04. The highest BCUT2D eigenvalue weighted by atomic mass is 28.3. The van der Waals surface area contributed by atoms with E-state index in [1.165, 1.54) is 102 Å². The van der Waals surface area contributed by atoms with E-state index in [0.717, 1.165) is 16.6 Å². The molecule has 10 heteroatoms. The summed E-state index contributed by atoms with van der Waals surface area (Å²) in [6.45, 7) is 10.7. The third-order valence-electron chi connectivity index (χ3n) is 19.3. The molecule has 0 radical (unpaired) electrons. The lowest BCUT2D eigenvalue weighted by atomic mass is 10.1. The number of hydrogen-bond donors (Lipinski definition) is 0. The van der Waals surface area contributed by atoms with Crippen molar-refractivity contribution in [3.63, 3.8) is 0 Å². The Labute approximate surface area is 432 Å². The van der Waals surface area contributed by atoms with Crippen LogP contribution in [0.2, 0.25) is 74.5 Å². The normalized spacial score (nSPS) is 23.1. The van der Waals surface area contributed by atoms with E-state index in [1.807, 2.05) is 0 Å². The Hall–Kier alpha value is -6.55. The summed E-state index contributed by atoms with van der Waals surface area (Å²) in [6, 6.07) is 83.1. The molecule has 2 saturated heterocycles. The molecular formula is C63H59N5Si5. The van der Waals surface area contributed by atoms with E-state index in [4.69, 9.17) is 15.0 Å². The van der Waals surface area contributed by atoms with Crippen LogP contribution in [0.15, 0.2) is 188 Å². The van der Waals surface area contributed by atoms with Crippen molar-refractivity contribution in [1.29, 1.82) is 0 Å². The van der Waals surface area contributed by atoms with Crippen molar-refractivity contribution < 1.29 is 0 Å². The Kier molecular flexibility index (Phi) is 9.48. The summed E-state index contributed by atoms with van der Waals surface area (Å²) >= 11 is 0. The molecule has 5 nitrogen and oxygen atoms in total. The van der Waals surface area contributed by atoms with Gasteiger partial charge >= 0.3 is 0 Å². The maximum absolute atomic E-state index is 5.79. The SMILES string of the molecule is C[Si]12CC[Si](C)(CC1)c1cc3c(cc12)c1ccccc1n3-c1nc(-c2cccc([Si](c3ccccc3)(c3ccccc3)c3ccccc3)c2)nc(-n2c3ccccc3c3cc4c(cc32)[Si]2(C)CC[Si]4(C)CC2)n1. The minimum absolute atomic E-state index is 0.676. The fourth-order valence-electron chi connectivity index (χ4n) is 14.9. The van der Waals surface area contributed by atoms with Crippen molar-refractivity contribution in [1.82, 2.24) is 24.1 Å². The Balaban J connectivity index is 1.04. The molecule has 0 saturated carbocycles. The van der Waals surface area contributed by atoms with Crippen molar-refractivity contribution in [2.24, 2.45) is 0 Å². The molecule has 0 atom stereocenters. The van der Waals surface area contributed by atoms with Crippen LogP contribution < -0.4 is 41.5 Å². The summed E-state index contributed by atoms with van der Waals surface area (Å²) in [7, 11) is -9.31. The Bertz CT molecular complexity index is 3790. The smallest absolute Gasteiger partial charge is 0.240 e. The zero-order valence-corrected chi connectivity index (χ0v) is 47.3.